The number of amidine groups is 1. The van der Waals surface area contributed by atoms with Gasteiger partial charge in [-0.15, -0.1) is 0 Å². The van der Waals surface area contributed by atoms with Gasteiger partial charge in [-0.3, -0.25) is 0 Å². The zero-order chi connectivity index (χ0) is 13.9. The summed E-state index contributed by atoms with van der Waals surface area (Å²) in [4.78, 5) is 6.68. The highest BCUT2D eigenvalue weighted by atomic mass is 16.4. The maximum Gasteiger partial charge on any atom is 0.174 e. The van der Waals surface area contributed by atoms with E-state index in [9.17, 15) is 0 Å². The summed E-state index contributed by atoms with van der Waals surface area (Å²) in [5.41, 5.74) is 8.37. The number of pyridine rings is 1. The van der Waals surface area contributed by atoms with Gasteiger partial charge in [-0.05, 0) is 46.2 Å². The van der Waals surface area contributed by atoms with Crippen LogP contribution in [0.2, 0.25) is 0 Å². The lowest BCUT2D eigenvalue weighted by Crippen LogP contribution is -2.34. The number of aromatic nitrogens is 1. The van der Waals surface area contributed by atoms with Gasteiger partial charge in [0.2, 0.25) is 0 Å². The van der Waals surface area contributed by atoms with Crippen LogP contribution in [0.25, 0.3) is 0 Å². The van der Waals surface area contributed by atoms with Crippen molar-refractivity contribution in [2.24, 2.45) is 10.9 Å². The molecule has 18 heavy (non-hydrogen) atoms. The lowest BCUT2D eigenvalue weighted by Gasteiger charge is -2.29. The zero-order valence-electron chi connectivity index (χ0n) is 11.7. The molecule has 0 aliphatic carbocycles. The van der Waals surface area contributed by atoms with Gasteiger partial charge in [0.05, 0.1) is 5.56 Å². The molecule has 1 rings (SSSR count). The highest BCUT2D eigenvalue weighted by Crippen LogP contribution is 2.24. The molecular weight excluding hydrogens is 228 g/mol. The van der Waals surface area contributed by atoms with Crippen molar-refractivity contribution in [3.63, 3.8) is 0 Å². The zero-order valence-corrected chi connectivity index (χ0v) is 11.7. The van der Waals surface area contributed by atoms with Crippen LogP contribution in [0, 0.1) is 13.8 Å². The van der Waals surface area contributed by atoms with Gasteiger partial charge in [-0.25, -0.2) is 4.98 Å². The minimum absolute atomic E-state index is 0.106. The Morgan fingerprint density at radius 1 is 1.50 bits per heavy atom. The van der Waals surface area contributed by atoms with E-state index in [0.717, 1.165) is 23.6 Å². The Morgan fingerprint density at radius 3 is 2.56 bits per heavy atom. The highest BCUT2D eigenvalue weighted by molar-refractivity contribution is 6.02. The average molecular weight is 250 g/mol. The molecule has 0 radical (unpaired) electrons. The Hall–Kier alpha value is -1.78. The monoisotopic (exact) mass is 250 g/mol. The fourth-order valence-electron chi connectivity index (χ4n) is 2.15. The van der Waals surface area contributed by atoms with Crippen LogP contribution in [0.4, 0.5) is 5.82 Å². The van der Waals surface area contributed by atoms with E-state index in [1.54, 1.807) is 0 Å². The van der Waals surface area contributed by atoms with Crippen molar-refractivity contribution in [2.75, 3.05) is 11.4 Å². The lowest BCUT2D eigenvalue weighted by atomic mass is 10.1. The van der Waals surface area contributed by atoms with E-state index in [4.69, 9.17) is 10.9 Å². The van der Waals surface area contributed by atoms with Gasteiger partial charge >= 0.3 is 0 Å². The van der Waals surface area contributed by atoms with Crippen molar-refractivity contribution < 1.29 is 5.21 Å². The molecule has 100 valence electrons. The molecule has 0 fully saturated rings. The van der Waals surface area contributed by atoms with Crippen LogP contribution in [0.1, 0.15) is 37.6 Å². The summed E-state index contributed by atoms with van der Waals surface area (Å²) in [5, 5.41) is 12.0. The first-order valence-corrected chi connectivity index (χ1v) is 6.15. The predicted octanol–water partition coefficient (Wildman–Crippen LogP) is 2.03. The third-order valence-electron chi connectivity index (χ3n) is 2.93. The van der Waals surface area contributed by atoms with E-state index < -0.39 is 0 Å². The van der Waals surface area contributed by atoms with Gasteiger partial charge in [0, 0.05) is 18.3 Å². The molecule has 0 aromatic carbocycles. The summed E-state index contributed by atoms with van der Waals surface area (Å²) in [7, 11) is 0. The number of rotatable bonds is 4. The van der Waals surface area contributed by atoms with Gasteiger partial charge in [-0.1, -0.05) is 5.16 Å². The van der Waals surface area contributed by atoms with Gasteiger partial charge in [-0.2, -0.15) is 0 Å². The number of nitrogens with zero attached hydrogens (tertiary/aromatic N) is 3. The number of anilines is 1. The Labute approximate surface area is 108 Å². The van der Waals surface area contributed by atoms with Gasteiger partial charge < -0.3 is 15.8 Å². The van der Waals surface area contributed by atoms with E-state index in [0.29, 0.717) is 11.6 Å². The number of aryl methyl sites for hydroxylation is 2. The van der Waals surface area contributed by atoms with Crippen molar-refractivity contribution >= 4 is 11.7 Å². The first-order chi connectivity index (χ1) is 8.42. The Bertz CT molecular complexity index is 455. The molecule has 0 spiro atoms. The molecule has 1 heterocycles. The van der Waals surface area contributed by atoms with Crippen LogP contribution in [0.15, 0.2) is 11.2 Å². The first-order valence-electron chi connectivity index (χ1n) is 6.15. The summed E-state index contributed by atoms with van der Waals surface area (Å²) in [6, 6.07) is 2.24. The second-order valence-corrected chi connectivity index (χ2v) is 4.64. The van der Waals surface area contributed by atoms with Crippen molar-refractivity contribution in [1.82, 2.24) is 4.98 Å². The van der Waals surface area contributed by atoms with Gasteiger partial charge in [0.25, 0.3) is 0 Å². The molecule has 0 saturated heterocycles. The van der Waals surface area contributed by atoms with E-state index in [1.165, 1.54) is 0 Å². The summed E-state index contributed by atoms with van der Waals surface area (Å²) in [6.07, 6.45) is 0. The minimum atomic E-state index is 0.106. The van der Waals surface area contributed by atoms with Crippen LogP contribution >= 0.6 is 0 Å². The van der Waals surface area contributed by atoms with Crippen LogP contribution < -0.4 is 10.6 Å². The molecule has 0 atom stereocenters. The topological polar surface area (TPSA) is 74.7 Å². The Kier molecular flexibility index (Phi) is 4.53. The van der Waals surface area contributed by atoms with Gasteiger partial charge in [0.15, 0.2) is 5.84 Å². The molecule has 0 bridgehead atoms. The van der Waals surface area contributed by atoms with E-state index in [2.05, 4.69) is 35.8 Å². The lowest BCUT2D eigenvalue weighted by molar-refractivity contribution is 0.318. The molecule has 5 heteroatoms. The largest absolute Gasteiger partial charge is 0.409 e. The summed E-state index contributed by atoms with van der Waals surface area (Å²) < 4.78 is 0. The van der Waals surface area contributed by atoms with Crippen LogP contribution in [0.5, 0.6) is 0 Å². The number of hydrogen-bond acceptors (Lipinski definition) is 4. The van der Waals surface area contributed by atoms with Crippen LogP contribution in [0.3, 0.4) is 0 Å². The van der Waals surface area contributed by atoms with Crippen molar-refractivity contribution in [2.45, 2.75) is 40.7 Å². The first kappa shape index (κ1) is 14.3. The fourth-order valence-corrected chi connectivity index (χ4v) is 2.15. The smallest absolute Gasteiger partial charge is 0.174 e. The molecule has 0 amide bonds. The molecular formula is C13H22N4O. The number of hydrogen-bond donors (Lipinski definition) is 2. The van der Waals surface area contributed by atoms with Crippen LogP contribution in [-0.4, -0.2) is 28.6 Å². The third-order valence-corrected chi connectivity index (χ3v) is 2.93. The number of nitrogens with two attached hydrogens (primary N) is 1. The van der Waals surface area contributed by atoms with E-state index in [1.807, 2.05) is 19.9 Å². The minimum Gasteiger partial charge on any atom is -0.409 e. The fraction of sp³-hybridized carbons (Fsp3) is 0.538. The van der Waals surface area contributed by atoms with Gasteiger partial charge in [0.1, 0.15) is 5.82 Å². The molecule has 0 unspecified atom stereocenters. The Balaban J connectivity index is 3.49. The molecule has 3 N–H and O–H groups in total. The predicted molar refractivity (Wildman–Crippen MR) is 74.4 cm³/mol. The summed E-state index contributed by atoms with van der Waals surface area (Å²) in [5.74, 6) is 0.884. The summed E-state index contributed by atoms with van der Waals surface area (Å²) >= 11 is 0. The van der Waals surface area contributed by atoms with Crippen LogP contribution in [-0.2, 0) is 0 Å². The third kappa shape index (κ3) is 2.72. The molecule has 0 aliphatic rings. The normalized spacial score (nSPS) is 12.0. The molecule has 0 saturated carbocycles. The van der Waals surface area contributed by atoms with E-state index in [-0.39, 0.29) is 5.84 Å². The standard InChI is InChI=1S/C13H22N4O/c1-6-17(8(2)3)13-11(12(14)16-18)9(4)7-10(5)15-13/h7-8,18H,6H2,1-5H3,(H2,14,16). The maximum atomic E-state index is 8.92. The second-order valence-electron chi connectivity index (χ2n) is 4.64. The maximum absolute atomic E-state index is 8.92. The highest BCUT2D eigenvalue weighted by Gasteiger charge is 2.19. The molecule has 1 aromatic heterocycles. The van der Waals surface area contributed by atoms with E-state index >= 15 is 0 Å². The van der Waals surface area contributed by atoms with Crippen molar-refractivity contribution in [3.05, 3.63) is 22.9 Å². The molecule has 5 nitrogen and oxygen atoms in total. The SMILES string of the molecule is CCN(c1nc(C)cc(C)c1C(N)=NO)C(C)C. The average Bonchev–Trinajstić information content (AvgIpc) is 2.28. The molecule has 1 aromatic rings. The molecule has 0 aliphatic heterocycles. The van der Waals surface area contributed by atoms with Crippen molar-refractivity contribution in [3.8, 4) is 0 Å². The van der Waals surface area contributed by atoms with Crippen molar-refractivity contribution in [1.29, 1.82) is 0 Å². The Morgan fingerprint density at radius 2 is 2.11 bits per heavy atom. The quantitative estimate of drug-likeness (QED) is 0.371. The number of oxime groups is 1. The second kappa shape index (κ2) is 5.71. The summed E-state index contributed by atoms with van der Waals surface area (Å²) in [6.45, 7) is 11.0.